The number of nitrogens with one attached hydrogen (secondary N) is 3. The van der Waals surface area contributed by atoms with E-state index in [1.165, 1.54) is 0 Å². The zero-order valence-electron chi connectivity index (χ0n) is 9.45. The Kier molecular flexibility index (Phi) is 13.1. The minimum absolute atomic E-state index is 0. The van der Waals surface area contributed by atoms with Crippen LogP contribution in [0.4, 0.5) is 0 Å². The van der Waals surface area contributed by atoms with Crippen LogP contribution in [0.5, 0.6) is 0 Å². The van der Waals surface area contributed by atoms with Crippen LogP contribution < -0.4 is 16.0 Å². The van der Waals surface area contributed by atoms with E-state index in [1.807, 2.05) is 0 Å². The summed E-state index contributed by atoms with van der Waals surface area (Å²) in [7, 11) is 1.67. The average molecular weight is 274 g/mol. The molecule has 0 radical (unpaired) electrons. The minimum Gasteiger partial charge on any atom is -0.383 e. The second kappa shape index (κ2) is 11.4. The molecular weight excluding hydrogens is 253 g/mol. The van der Waals surface area contributed by atoms with Gasteiger partial charge in [0.1, 0.15) is 0 Å². The maximum absolute atomic E-state index is 11.3. The average Bonchev–Trinajstić information content (AvgIpc) is 2.08. The van der Waals surface area contributed by atoms with Gasteiger partial charge >= 0.3 is 0 Å². The lowest BCUT2D eigenvalue weighted by Crippen LogP contribution is -2.51. The largest absolute Gasteiger partial charge is 0.383 e. The van der Waals surface area contributed by atoms with Crippen molar-refractivity contribution in [2.75, 3.05) is 46.4 Å². The third kappa shape index (κ3) is 7.24. The van der Waals surface area contributed by atoms with Crippen molar-refractivity contribution in [2.45, 2.75) is 0 Å². The van der Waals surface area contributed by atoms with Gasteiger partial charge in [-0.2, -0.15) is 0 Å². The van der Waals surface area contributed by atoms with Gasteiger partial charge in [-0.1, -0.05) is 0 Å². The van der Waals surface area contributed by atoms with Crippen molar-refractivity contribution in [1.82, 2.24) is 16.0 Å². The Balaban J connectivity index is 0. The van der Waals surface area contributed by atoms with Crippen molar-refractivity contribution in [2.24, 2.45) is 5.92 Å². The molecular formula is C9H21Cl2N3O2. The first kappa shape index (κ1) is 18.3. The topological polar surface area (TPSA) is 62.4 Å². The normalized spacial score (nSPS) is 14.3. The minimum atomic E-state index is 0. The van der Waals surface area contributed by atoms with Gasteiger partial charge in [0, 0.05) is 39.8 Å². The van der Waals surface area contributed by atoms with Crippen LogP contribution in [0.2, 0.25) is 0 Å². The smallest absolute Gasteiger partial charge is 0.225 e. The van der Waals surface area contributed by atoms with Crippen LogP contribution in [0.15, 0.2) is 0 Å². The van der Waals surface area contributed by atoms with E-state index in [2.05, 4.69) is 16.0 Å². The van der Waals surface area contributed by atoms with Gasteiger partial charge in [-0.15, -0.1) is 24.8 Å². The van der Waals surface area contributed by atoms with Crippen LogP contribution in [0.1, 0.15) is 0 Å². The lowest BCUT2D eigenvalue weighted by Gasteiger charge is -2.25. The van der Waals surface area contributed by atoms with Crippen molar-refractivity contribution in [3.63, 3.8) is 0 Å². The second-order valence-electron chi connectivity index (χ2n) is 3.39. The van der Waals surface area contributed by atoms with Crippen molar-refractivity contribution in [3.8, 4) is 0 Å². The Labute approximate surface area is 109 Å². The SMILES string of the molecule is COCCNCCNC(=O)C1CNC1.Cl.Cl. The molecule has 0 bridgehead atoms. The summed E-state index contributed by atoms with van der Waals surface area (Å²) in [6.07, 6.45) is 0. The van der Waals surface area contributed by atoms with Gasteiger partial charge in [-0.3, -0.25) is 4.79 Å². The molecule has 0 spiro atoms. The Bertz CT molecular complexity index is 180. The first-order valence-corrected chi connectivity index (χ1v) is 5.02. The predicted molar refractivity (Wildman–Crippen MR) is 68.6 cm³/mol. The molecule has 3 N–H and O–H groups in total. The van der Waals surface area contributed by atoms with Gasteiger partial charge in [-0.25, -0.2) is 0 Å². The molecule has 1 heterocycles. The molecule has 7 heteroatoms. The Morgan fingerprint density at radius 3 is 2.50 bits per heavy atom. The molecule has 0 atom stereocenters. The molecule has 0 aromatic rings. The van der Waals surface area contributed by atoms with Gasteiger partial charge in [-0.05, 0) is 0 Å². The molecule has 1 rings (SSSR count). The van der Waals surface area contributed by atoms with Gasteiger partial charge in [0.15, 0.2) is 0 Å². The van der Waals surface area contributed by atoms with E-state index in [4.69, 9.17) is 4.74 Å². The fourth-order valence-electron chi connectivity index (χ4n) is 1.19. The first-order valence-electron chi connectivity index (χ1n) is 5.02. The number of ether oxygens (including phenoxy) is 1. The lowest BCUT2D eigenvalue weighted by molar-refractivity contribution is -0.126. The fourth-order valence-corrected chi connectivity index (χ4v) is 1.19. The van der Waals surface area contributed by atoms with Crippen molar-refractivity contribution in [1.29, 1.82) is 0 Å². The molecule has 98 valence electrons. The van der Waals surface area contributed by atoms with E-state index in [0.29, 0.717) is 13.2 Å². The van der Waals surface area contributed by atoms with E-state index >= 15 is 0 Å². The molecule has 0 saturated carbocycles. The number of carbonyl (C=O) groups is 1. The van der Waals surface area contributed by atoms with Crippen molar-refractivity contribution >= 4 is 30.7 Å². The highest BCUT2D eigenvalue weighted by atomic mass is 35.5. The fraction of sp³-hybridized carbons (Fsp3) is 0.889. The molecule has 1 saturated heterocycles. The molecule has 0 aromatic carbocycles. The third-order valence-corrected chi connectivity index (χ3v) is 2.24. The third-order valence-electron chi connectivity index (χ3n) is 2.24. The predicted octanol–water partition coefficient (Wildman–Crippen LogP) is -0.598. The highest BCUT2D eigenvalue weighted by Gasteiger charge is 2.23. The zero-order valence-corrected chi connectivity index (χ0v) is 11.1. The summed E-state index contributed by atoms with van der Waals surface area (Å²) in [5.41, 5.74) is 0. The molecule has 1 aliphatic heterocycles. The number of halogens is 2. The van der Waals surface area contributed by atoms with Gasteiger partial charge in [0.05, 0.1) is 12.5 Å². The number of methoxy groups -OCH3 is 1. The first-order chi connectivity index (χ1) is 6.84. The van der Waals surface area contributed by atoms with Crippen LogP contribution in [0, 0.1) is 5.92 Å². The number of carbonyl (C=O) groups excluding carboxylic acids is 1. The number of hydrogen-bond donors (Lipinski definition) is 3. The Morgan fingerprint density at radius 1 is 1.31 bits per heavy atom. The standard InChI is InChI=1S/C9H19N3O2.2ClH/c1-14-5-4-10-2-3-12-9(13)8-6-11-7-8;;/h8,10-11H,2-7H2,1H3,(H,12,13);2*1H. The second-order valence-corrected chi connectivity index (χ2v) is 3.39. The van der Waals surface area contributed by atoms with Gasteiger partial charge in [0.2, 0.25) is 5.91 Å². The summed E-state index contributed by atoms with van der Waals surface area (Å²) < 4.78 is 4.88. The Morgan fingerprint density at radius 2 is 2.00 bits per heavy atom. The van der Waals surface area contributed by atoms with Crippen LogP contribution in [-0.2, 0) is 9.53 Å². The van der Waals surface area contributed by atoms with E-state index in [0.717, 1.165) is 26.2 Å². The van der Waals surface area contributed by atoms with Gasteiger partial charge in [0.25, 0.3) is 0 Å². The lowest BCUT2D eigenvalue weighted by atomic mass is 10.0. The highest BCUT2D eigenvalue weighted by Crippen LogP contribution is 2.00. The summed E-state index contributed by atoms with van der Waals surface area (Å²) in [6, 6.07) is 0. The molecule has 0 aliphatic carbocycles. The zero-order chi connectivity index (χ0) is 10.2. The van der Waals surface area contributed by atoms with Crippen molar-refractivity contribution in [3.05, 3.63) is 0 Å². The summed E-state index contributed by atoms with van der Waals surface area (Å²) in [5.74, 6) is 0.353. The maximum atomic E-state index is 11.3. The molecule has 0 unspecified atom stereocenters. The van der Waals surface area contributed by atoms with E-state index in [1.54, 1.807) is 7.11 Å². The molecule has 0 aromatic heterocycles. The monoisotopic (exact) mass is 273 g/mol. The van der Waals surface area contributed by atoms with Gasteiger partial charge < -0.3 is 20.7 Å². The molecule has 1 aliphatic rings. The summed E-state index contributed by atoms with van der Waals surface area (Å²) in [5, 5.41) is 9.11. The highest BCUT2D eigenvalue weighted by molar-refractivity contribution is 5.85. The van der Waals surface area contributed by atoms with Crippen molar-refractivity contribution < 1.29 is 9.53 Å². The van der Waals surface area contributed by atoms with E-state index < -0.39 is 0 Å². The summed E-state index contributed by atoms with van der Waals surface area (Å²) in [6.45, 7) is 4.68. The molecule has 5 nitrogen and oxygen atoms in total. The summed E-state index contributed by atoms with van der Waals surface area (Å²) >= 11 is 0. The van der Waals surface area contributed by atoms with Crippen LogP contribution >= 0.6 is 24.8 Å². The van der Waals surface area contributed by atoms with Crippen LogP contribution in [0.3, 0.4) is 0 Å². The van der Waals surface area contributed by atoms with E-state index in [-0.39, 0.29) is 36.6 Å². The molecule has 16 heavy (non-hydrogen) atoms. The maximum Gasteiger partial charge on any atom is 0.225 e. The number of amides is 1. The number of rotatable bonds is 7. The van der Waals surface area contributed by atoms with Crippen LogP contribution in [-0.4, -0.2) is 52.3 Å². The van der Waals surface area contributed by atoms with E-state index in [9.17, 15) is 4.79 Å². The molecule has 1 amide bonds. The molecule has 1 fully saturated rings. The summed E-state index contributed by atoms with van der Waals surface area (Å²) in [4.78, 5) is 11.3. The van der Waals surface area contributed by atoms with Crippen LogP contribution in [0.25, 0.3) is 0 Å². The Hall–Kier alpha value is -0.0700. The quantitative estimate of drug-likeness (QED) is 0.543. The number of hydrogen-bond acceptors (Lipinski definition) is 4.